The molecule has 2 rings (SSSR count). The van der Waals surface area contributed by atoms with Gasteiger partial charge in [-0.25, -0.2) is 4.98 Å². The minimum atomic E-state index is 0.432. The Morgan fingerprint density at radius 2 is 2.25 bits per heavy atom. The Labute approximate surface area is 102 Å². The second-order valence-electron chi connectivity index (χ2n) is 4.21. The van der Waals surface area contributed by atoms with Crippen LogP contribution in [0.3, 0.4) is 0 Å². The number of thiocarbonyl (C=S) groups is 1. The third-order valence-electron chi connectivity index (χ3n) is 2.88. The summed E-state index contributed by atoms with van der Waals surface area (Å²) in [5, 5.41) is 0. The summed E-state index contributed by atoms with van der Waals surface area (Å²) in [6.45, 7) is 5.09. The van der Waals surface area contributed by atoms with Gasteiger partial charge in [-0.3, -0.25) is 0 Å². The largest absolute Gasteiger partial charge is 0.389 e. The van der Waals surface area contributed by atoms with E-state index in [1.807, 2.05) is 19.1 Å². The second kappa shape index (κ2) is 4.37. The van der Waals surface area contributed by atoms with Gasteiger partial charge < -0.3 is 10.6 Å². The van der Waals surface area contributed by atoms with Crippen LogP contribution in [-0.4, -0.2) is 22.6 Å². The number of pyridine rings is 1. The van der Waals surface area contributed by atoms with Crippen LogP contribution in [0.15, 0.2) is 12.1 Å². The third-order valence-corrected chi connectivity index (χ3v) is 3.10. The first-order chi connectivity index (χ1) is 7.63. The standard InChI is InChI=1S/C12H17N3S/c1-3-15(9-5-6-9)12-10(11(13)16)7-4-8(2)14-12/h4,7,9H,3,5-6H2,1-2H3,(H2,13,16). The zero-order chi connectivity index (χ0) is 11.7. The van der Waals surface area contributed by atoms with Gasteiger partial charge >= 0.3 is 0 Å². The first-order valence-corrected chi connectivity index (χ1v) is 6.08. The van der Waals surface area contributed by atoms with Crippen molar-refractivity contribution >= 4 is 23.0 Å². The van der Waals surface area contributed by atoms with Gasteiger partial charge in [-0.2, -0.15) is 0 Å². The van der Waals surface area contributed by atoms with Crippen molar-refractivity contribution in [2.45, 2.75) is 32.7 Å². The van der Waals surface area contributed by atoms with Gasteiger partial charge in [0.05, 0.1) is 5.56 Å². The lowest BCUT2D eigenvalue weighted by Crippen LogP contribution is -2.29. The molecule has 2 N–H and O–H groups in total. The van der Waals surface area contributed by atoms with Crippen molar-refractivity contribution in [2.24, 2.45) is 5.73 Å². The highest BCUT2D eigenvalue weighted by atomic mass is 32.1. The van der Waals surface area contributed by atoms with Crippen molar-refractivity contribution in [1.82, 2.24) is 4.98 Å². The highest BCUT2D eigenvalue weighted by molar-refractivity contribution is 7.80. The summed E-state index contributed by atoms with van der Waals surface area (Å²) in [5.41, 5.74) is 7.65. The van der Waals surface area contributed by atoms with Crippen LogP contribution in [0.2, 0.25) is 0 Å². The van der Waals surface area contributed by atoms with E-state index in [2.05, 4.69) is 16.8 Å². The molecule has 0 radical (unpaired) electrons. The molecule has 1 saturated carbocycles. The number of nitrogens with two attached hydrogens (primary N) is 1. The van der Waals surface area contributed by atoms with Crippen LogP contribution < -0.4 is 10.6 Å². The molecule has 1 aliphatic carbocycles. The van der Waals surface area contributed by atoms with Crippen molar-refractivity contribution in [1.29, 1.82) is 0 Å². The van der Waals surface area contributed by atoms with Crippen molar-refractivity contribution in [3.05, 3.63) is 23.4 Å². The van der Waals surface area contributed by atoms with Gasteiger partial charge in [0.25, 0.3) is 0 Å². The minimum absolute atomic E-state index is 0.432. The molecule has 0 spiro atoms. The van der Waals surface area contributed by atoms with Crippen LogP contribution >= 0.6 is 12.2 Å². The number of nitrogens with zero attached hydrogens (tertiary/aromatic N) is 2. The van der Waals surface area contributed by atoms with E-state index in [0.717, 1.165) is 23.6 Å². The fraction of sp³-hybridized carbons (Fsp3) is 0.500. The summed E-state index contributed by atoms with van der Waals surface area (Å²) in [4.78, 5) is 7.32. The Kier molecular flexibility index (Phi) is 3.10. The molecule has 1 fully saturated rings. The number of anilines is 1. The maximum atomic E-state index is 5.74. The van der Waals surface area contributed by atoms with Crippen LogP contribution in [0.25, 0.3) is 0 Å². The number of aryl methyl sites for hydroxylation is 1. The van der Waals surface area contributed by atoms with Gasteiger partial charge in [0.15, 0.2) is 0 Å². The first kappa shape index (κ1) is 11.3. The summed E-state index contributed by atoms with van der Waals surface area (Å²) in [5.74, 6) is 0.956. The van der Waals surface area contributed by atoms with Crippen LogP contribution in [0.4, 0.5) is 5.82 Å². The fourth-order valence-corrected chi connectivity index (χ4v) is 2.08. The predicted molar refractivity (Wildman–Crippen MR) is 70.9 cm³/mol. The van der Waals surface area contributed by atoms with Crippen LogP contribution in [0.5, 0.6) is 0 Å². The molecular weight excluding hydrogens is 218 g/mol. The molecule has 0 aromatic carbocycles. The minimum Gasteiger partial charge on any atom is -0.389 e. The fourth-order valence-electron chi connectivity index (χ4n) is 1.92. The SMILES string of the molecule is CCN(c1nc(C)ccc1C(N)=S)C1CC1. The van der Waals surface area contributed by atoms with Crippen molar-refractivity contribution in [2.75, 3.05) is 11.4 Å². The second-order valence-corrected chi connectivity index (χ2v) is 4.65. The molecule has 0 unspecified atom stereocenters. The van der Waals surface area contributed by atoms with E-state index >= 15 is 0 Å². The lowest BCUT2D eigenvalue weighted by molar-refractivity contribution is 0.804. The normalized spacial score (nSPS) is 14.9. The van der Waals surface area contributed by atoms with Gasteiger partial charge in [-0.1, -0.05) is 12.2 Å². The van der Waals surface area contributed by atoms with Crippen molar-refractivity contribution < 1.29 is 0 Å². The molecule has 3 nitrogen and oxygen atoms in total. The number of hydrogen-bond donors (Lipinski definition) is 1. The molecule has 0 bridgehead atoms. The van der Waals surface area contributed by atoms with Crippen LogP contribution in [-0.2, 0) is 0 Å². The summed E-state index contributed by atoms with van der Waals surface area (Å²) < 4.78 is 0. The van der Waals surface area contributed by atoms with Gasteiger partial charge in [-0.05, 0) is 38.8 Å². The molecule has 0 atom stereocenters. The zero-order valence-corrected chi connectivity index (χ0v) is 10.5. The highest BCUT2D eigenvalue weighted by Crippen LogP contribution is 2.32. The monoisotopic (exact) mass is 235 g/mol. The third kappa shape index (κ3) is 2.16. The molecule has 4 heteroatoms. The Balaban J connectivity index is 2.42. The molecule has 1 heterocycles. The molecular formula is C12H17N3S. The van der Waals surface area contributed by atoms with Crippen molar-refractivity contribution in [3.8, 4) is 0 Å². The summed E-state index contributed by atoms with van der Waals surface area (Å²) in [7, 11) is 0. The lowest BCUT2D eigenvalue weighted by atomic mass is 10.2. The topological polar surface area (TPSA) is 42.2 Å². The number of hydrogen-bond acceptors (Lipinski definition) is 3. The number of aromatic nitrogens is 1. The molecule has 16 heavy (non-hydrogen) atoms. The Morgan fingerprint density at radius 1 is 1.56 bits per heavy atom. The molecule has 0 saturated heterocycles. The van der Waals surface area contributed by atoms with E-state index < -0.39 is 0 Å². The van der Waals surface area contributed by atoms with Gasteiger partial charge in [-0.15, -0.1) is 0 Å². The molecule has 0 amide bonds. The van der Waals surface area contributed by atoms with Gasteiger partial charge in [0.2, 0.25) is 0 Å². The maximum Gasteiger partial charge on any atom is 0.139 e. The van der Waals surface area contributed by atoms with E-state index in [9.17, 15) is 0 Å². The molecule has 1 aliphatic rings. The molecule has 1 aromatic rings. The van der Waals surface area contributed by atoms with Gasteiger partial charge in [0.1, 0.15) is 10.8 Å². The van der Waals surface area contributed by atoms with E-state index in [0.29, 0.717) is 11.0 Å². The van der Waals surface area contributed by atoms with E-state index in [4.69, 9.17) is 18.0 Å². The quantitative estimate of drug-likeness (QED) is 0.811. The molecule has 0 aliphatic heterocycles. The summed E-state index contributed by atoms with van der Waals surface area (Å²) in [6.07, 6.45) is 2.50. The average molecular weight is 235 g/mol. The maximum absolute atomic E-state index is 5.74. The van der Waals surface area contributed by atoms with Crippen LogP contribution in [0, 0.1) is 6.92 Å². The molecule has 1 aromatic heterocycles. The van der Waals surface area contributed by atoms with Crippen molar-refractivity contribution in [3.63, 3.8) is 0 Å². The smallest absolute Gasteiger partial charge is 0.139 e. The Morgan fingerprint density at radius 3 is 2.75 bits per heavy atom. The van der Waals surface area contributed by atoms with Gasteiger partial charge in [0, 0.05) is 18.3 Å². The predicted octanol–water partition coefficient (Wildman–Crippen LogP) is 2.01. The van der Waals surface area contributed by atoms with Crippen LogP contribution in [0.1, 0.15) is 31.0 Å². The first-order valence-electron chi connectivity index (χ1n) is 5.67. The Hall–Kier alpha value is -1.16. The average Bonchev–Trinajstić information content (AvgIpc) is 3.03. The highest BCUT2D eigenvalue weighted by Gasteiger charge is 2.30. The number of rotatable bonds is 4. The lowest BCUT2D eigenvalue weighted by Gasteiger charge is -2.24. The molecule has 86 valence electrons. The zero-order valence-electron chi connectivity index (χ0n) is 9.73. The Bertz CT molecular complexity index is 413. The van der Waals surface area contributed by atoms with E-state index in [1.54, 1.807) is 0 Å². The summed E-state index contributed by atoms with van der Waals surface area (Å²) >= 11 is 5.08. The van der Waals surface area contributed by atoms with E-state index in [1.165, 1.54) is 12.8 Å². The van der Waals surface area contributed by atoms with E-state index in [-0.39, 0.29) is 0 Å². The summed E-state index contributed by atoms with van der Waals surface area (Å²) in [6, 6.07) is 4.57.